The Balaban J connectivity index is 1.26. The number of hydrogen-bond acceptors (Lipinski definition) is 7. The molecule has 30 heavy (non-hydrogen) atoms. The molecule has 1 aliphatic carbocycles. The van der Waals surface area contributed by atoms with Gasteiger partial charge in [0.2, 0.25) is 0 Å². The summed E-state index contributed by atoms with van der Waals surface area (Å²) in [5, 5.41) is 1.34. The van der Waals surface area contributed by atoms with Crippen LogP contribution < -0.4 is 16.4 Å². The van der Waals surface area contributed by atoms with Gasteiger partial charge in [-0.05, 0) is 48.4 Å². The zero-order valence-electron chi connectivity index (χ0n) is 16.5. The van der Waals surface area contributed by atoms with Gasteiger partial charge in [-0.25, -0.2) is 9.97 Å². The molecule has 6 nitrogen and oxygen atoms in total. The average Bonchev–Trinajstić information content (AvgIpc) is 3.04. The van der Waals surface area contributed by atoms with Gasteiger partial charge in [0.05, 0.1) is 23.1 Å². The summed E-state index contributed by atoms with van der Waals surface area (Å²) in [5.41, 5.74) is 15.6. The third-order valence-corrected chi connectivity index (χ3v) is 7.86. The van der Waals surface area contributed by atoms with Crippen LogP contribution >= 0.6 is 23.4 Å². The van der Waals surface area contributed by atoms with Crippen molar-refractivity contribution in [1.29, 1.82) is 0 Å². The Hall–Kier alpha value is -2.35. The van der Waals surface area contributed by atoms with Crippen LogP contribution in [0.2, 0.25) is 5.02 Å². The van der Waals surface area contributed by atoms with Crippen molar-refractivity contribution < 1.29 is 0 Å². The highest BCUT2D eigenvalue weighted by molar-refractivity contribution is 7.99. The quantitative estimate of drug-likeness (QED) is 0.594. The molecule has 1 atom stereocenters. The van der Waals surface area contributed by atoms with Crippen molar-refractivity contribution in [1.82, 2.24) is 15.0 Å². The molecule has 154 valence electrons. The molecule has 3 aromatic rings. The third-order valence-electron chi connectivity index (χ3n) is 6.35. The number of halogens is 1. The number of rotatable bonds is 3. The molecule has 4 N–H and O–H groups in total. The van der Waals surface area contributed by atoms with Crippen molar-refractivity contribution in [3.05, 3.63) is 65.2 Å². The predicted octanol–water partition coefficient (Wildman–Crippen LogP) is 4.10. The number of pyridine rings is 1. The number of hydrogen-bond donors (Lipinski definition) is 2. The van der Waals surface area contributed by atoms with Crippen LogP contribution in [-0.4, -0.2) is 28.0 Å². The molecule has 2 aliphatic rings. The fourth-order valence-electron chi connectivity index (χ4n) is 4.57. The fraction of sp³-hybridized carbons (Fsp3) is 0.318. The van der Waals surface area contributed by atoms with Gasteiger partial charge in [0, 0.05) is 35.9 Å². The lowest BCUT2D eigenvalue weighted by Gasteiger charge is -2.42. The third kappa shape index (κ3) is 3.41. The molecule has 1 unspecified atom stereocenters. The van der Waals surface area contributed by atoms with Gasteiger partial charge in [-0.15, -0.1) is 0 Å². The molecule has 1 aromatic carbocycles. The van der Waals surface area contributed by atoms with Crippen LogP contribution in [0, 0.1) is 5.41 Å². The van der Waals surface area contributed by atoms with Crippen LogP contribution in [0.3, 0.4) is 0 Å². The molecule has 0 radical (unpaired) electrons. The van der Waals surface area contributed by atoms with Crippen molar-refractivity contribution >= 4 is 34.9 Å². The average molecular weight is 439 g/mol. The molecule has 1 aliphatic heterocycles. The van der Waals surface area contributed by atoms with Gasteiger partial charge in [0.1, 0.15) is 10.8 Å². The lowest BCUT2D eigenvalue weighted by atomic mass is 9.73. The van der Waals surface area contributed by atoms with Gasteiger partial charge >= 0.3 is 0 Å². The molecule has 5 rings (SSSR count). The minimum absolute atomic E-state index is 0.0660. The first-order valence-electron chi connectivity index (χ1n) is 10.0. The predicted molar refractivity (Wildman–Crippen MR) is 121 cm³/mol. The highest BCUT2D eigenvalue weighted by Gasteiger charge is 2.46. The van der Waals surface area contributed by atoms with Crippen LogP contribution in [0.25, 0.3) is 0 Å². The van der Waals surface area contributed by atoms with Gasteiger partial charge in [0.15, 0.2) is 0 Å². The lowest BCUT2D eigenvalue weighted by molar-refractivity contribution is 0.186. The van der Waals surface area contributed by atoms with Crippen LogP contribution in [0.15, 0.2) is 58.8 Å². The van der Waals surface area contributed by atoms with Crippen molar-refractivity contribution in [2.45, 2.75) is 35.2 Å². The van der Waals surface area contributed by atoms with E-state index in [2.05, 4.69) is 25.9 Å². The SMILES string of the molecule is Nc1cccc(Sc2cnc(N3CCC4(CC3)Cc3ncccc3C4N)cn2)c1Cl. The molecule has 1 spiro atoms. The van der Waals surface area contributed by atoms with E-state index in [4.69, 9.17) is 23.1 Å². The zero-order chi connectivity index (χ0) is 20.7. The molecule has 1 fully saturated rings. The first-order valence-corrected chi connectivity index (χ1v) is 11.2. The molecular weight excluding hydrogens is 416 g/mol. The number of piperidine rings is 1. The largest absolute Gasteiger partial charge is 0.397 e. The summed E-state index contributed by atoms with van der Waals surface area (Å²) < 4.78 is 0. The van der Waals surface area contributed by atoms with E-state index in [1.165, 1.54) is 23.0 Å². The number of aromatic nitrogens is 3. The van der Waals surface area contributed by atoms with E-state index in [-0.39, 0.29) is 11.5 Å². The van der Waals surface area contributed by atoms with Gasteiger partial charge in [0.25, 0.3) is 0 Å². The standard InChI is InChI=1S/C22H23ClN6S/c23-20-15(24)4-1-5-17(20)30-19-13-27-18(12-28-19)29-9-6-22(7-10-29)11-16-14(21(22)25)3-2-8-26-16/h1-5,8,12-13,21H,6-7,9-11,24-25H2. The summed E-state index contributed by atoms with van der Waals surface area (Å²) in [6, 6.07) is 9.78. The first kappa shape index (κ1) is 19.6. The number of benzene rings is 1. The second-order valence-corrected chi connectivity index (χ2v) is 9.46. The maximum absolute atomic E-state index is 6.65. The van der Waals surface area contributed by atoms with E-state index < -0.39 is 0 Å². The normalized spacial score (nSPS) is 19.8. The van der Waals surface area contributed by atoms with Gasteiger partial charge in [-0.2, -0.15) is 0 Å². The Morgan fingerprint density at radius 1 is 1.07 bits per heavy atom. The number of nitrogens with two attached hydrogens (primary N) is 2. The number of nitrogens with zero attached hydrogens (tertiary/aromatic N) is 4. The summed E-state index contributed by atoms with van der Waals surface area (Å²) in [4.78, 5) is 17.0. The van der Waals surface area contributed by atoms with Crippen molar-refractivity contribution in [2.24, 2.45) is 11.1 Å². The van der Waals surface area contributed by atoms with E-state index in [9.17, 15) is 0 Å². The highest BCUT2D eigenvalue weighted by atomic mass is 35.5. The summed E-state index contributed by atoms with van der Waals surface area (Å²) in [7, 11) is 0. The Morgan fingerprint density at radius 2 is 1.90 bits per heavy atom. The molecule has 1 saturated heterocycles. The van der Waals surface area contributed by atoms with Crippen molar-refractivity contribution in [3.63, 3.8) is 0 Å². The van der Waals surface area contributed by atoms with E-state index >= 15 is 0 Å². The van der Waals surface area contributed by atoms with Crippen LogP contribution in [-0.2, 0) is 6.42 Å². The van der Waals surface area contributed by atoms with Crippen LogP contribution in [0.4, 0.5) is 11.5 Å². The molecular formula is C22H23ClN6S. The summed E-state index contributed by atoms with van der Waals surface area (Å²) in [6.45, 7) is 1.84. The summed E-state index contributed by atoms with van der Waals surface area (Å²) in [6.07, 6.45) is 8.53. The van der Waals surface area contributed by atoms with Crippen molar-refractivity contribution in [2.75, 3.05) is 23.7 Å². The Bertz CT molecular complexity index is 1070. The lowest BCUT2D eigenvalue weighted by Crippen LogP contribution is -2.44. The van der Waals surface area contributed by atoms with Gasteiger partial charge in [-0.3, -0.25) is 4.98 Å². The minimum atomic E-state index is 0.0660. The Morgan fingerprint density at radius 3 is 2.63 bits per heavy atom. The Kier molecular flexibility index (Phi) is 5.05. The van der Waals surface area contributed by atoms with E-state index in [1.807, 2.05) is 30.6 Å². The second kappa shape index (κ2) is 7.72. The van der Waals surface area contributed by atoms with Gasteiger partial charge < -0.3 is 16.4 Å². The number of nitrogen functional groups attached to an aromatic ring is 1. The van der Waals surface area contributed by atoms with E-state index in [0.717, 1.165) is 48.1 Å². The monoisotopic (exact) mass is 438 g/mol. The second-order valence-electron chi connectivity index (χ2n) is 8.02. The Labute approximate surface area is 185 Å². The molecule has 3 heterocycles. The molecule has 0 bridgehead atoms. The topological polar surface area (TPSA) is 94.0 Å². The maximum atomic E-state index is 6.65. The zero-order valence-corrected chi connectivity index (χ0v) is 18.0. The first-order chi connectivity index (χ1) is 14.6. The molecule has 2 aromatic heterocycles. The van der Waals surface area contributed by atoms with Crippen LogP contribution in [0.1, 0.15) is 30.1 Å². The van der Waals surface area contributed by atoms with Crippen molar-refractivity contribution in [3.8, 4) is 0 Å². The van der Waals surface area contributed by atoms with Gasteiger partial charge in [-0.1, -0.05) is 35.5 Å². The van der Waals surface area contributed by atoms with E-state index in [1.54, 1.807) is 12.3 Å². The summed E-state index contributed by atoms with van der Waals surface area (Å²) >= 11 is 7.75. The molecule has 0 amide bonds. The minimum Gasteiger partial charge on any atom is -0.397 e. The maximum Gasteiger partial charge on any atom is 0.147 e. The fourth-order valence-corrected chi connectivity index (χ4v) is 5.60. The highest BCUT2D eigenvalue weighted by Crippen LogP contribution is 2.50. The smallest absolute Gasteiger partial charge is 0.147 e. The summed E-state index contributed by atoms with van der Waals surface area (Å²) in [5.74, 6) is 0.898. The molecule has 0 saturated carbocycles. The molecule has 8 heteroatoms. The number of anilines is 2. The van der Waals surface area contributed by atoms with E-state index in [0.29, 0.717) is 10.7 Å². The van der Waals surface area contributed by atoms with Crippen LogP contribution in [0.5, 0.6) is 0 Å². The number of fused-ring (bicyclic) bond motifs is 1.